The van der Waals surface area contributed by atoms with Gasteiger partial charge in [0, 0.05) is 23.5 Å². The van der Waals surface area contributed by atoms with E-state index in [9.17, 15) is 25.2 Å². The maximum absolute atomic E-state index is 12.1. The highest BCUT2D eigenvalue weighted by Gasteiger charge is 2.70. The Bertz CT molecular complexity index is 735. The third kappa shape index (κ3) is 2.52. The lowest BCUT2D eigenvalue weighted by atomic mass is 9.42. The molecule has 0 aromatic heterocycles. The first-order valence-electron chi connectivity index (χ1n) is 11.3. The monoisotopic (exact) mass is 406 g/mol. The molecule has 4 aliphatic carbocycles. The molecule has 5 rings (SSSR count). The molecule has 0 aromatic rings. The summed E-state index contributed by atoms with van der Waals surface area (Å²) in [5, 5.41) is 44.3. The van der Waals surface area contributed by atoms with Gasteiger partial charge in [-0.25, -0.2) is 4.79 Å². The van der Waals surface area contributed by atoms with Crippen molar-refractivity contribution < 1.29 is 30.0 Å². The standard InChI is InChI=1S/C23H34O6/c1-21-10-18(26)20-17(3-2-14-9-15(25)4-6-22(14,20)12-24)23(21,28)7-5-16(21)13-8-19(27)29-11-13/h8,14-18,20,24-26,28H,2-7,9-12H2,1H3/t14-,15+,16-,17-,18-,20-,21-,22-,23+/m1/s1. The van der Waals surface area contributed by atoms with E-state index in [1.807, 2.05) is 0 Å². The lowest BCUT2D eigenvalue weighted by molar-refractivity contribution is -0.252. The molecule has 6 nitrogen and oxygen atoms in total. The molecule has 162 valence electrons. The Balaban J connectivity index is 1.53. The first-order valence-corrected chi connectivity index (χ1v) is 11.3. The molecule has 0 radical (unpaired) electrons. The number of cyclic esters (lactones) is 1. The first kappa shape index (κ1) is 20.0. The van der Waals surface area contributed by atoms with Crippen LogP contribution < -0.4 is 0 Å². The Morgan fingerprint density at radius 3 is 2.66 bits per heavy atom. The highest BCUT2D eigenvalue weighted by molar-refractivity contribution is 5.85. The molecule has 9 atom stereocenters. The Morgan fingerprint density at radius 1 is 1.17 bits per heavy atom. The predicted molar refractivity (Wildman–Crippen MR) is 105 cm³/mol. The van der Waals surface area contributed by atoms with Crippen molar-refractivity contribution in [3.05, 3.63) is 11.6 Å². The second kappa shape index (κ2) is 6.52. The maximum atomic E-state index is 12.1. The number of fused-ring (bicyclic) bond motifs is 5. The number of hydrogen-bond acceptors (Lipinski definition) is 6. The molecular weight excluding hydrogens is 372 g/mol. The highest BCUT2D eigenvalue weighted by Crippen LogP contribution is 2.69. The van der Waals surface area contributed by atoms with E-state index in [1.165, 1.54) is 0 Å². The zero-order chi connectivity index (χ0) is 20.6. The Labute approximate surface area is 172 Å². The maximum Gasteiger partial charge on any atom is 0.331 e. The number of carbonyl (C=O) groups is 1. The number of esters is 1. The number of ether oxygens (including phenoxy) is 1. The van der Waals surface area contributed by atoms with Crippen LogP contribution in [0.1, 0.15) is 58.3 Å². The topological polar surface area (TPSA) is 107 Å². The second-order valence-electron chi connectivity index (χ2n) is 10.8. The predicted octanol–water partition coefficient (Wildman–Crippen LogP) is 1.55. The lowest BCUT2D eigenvalue weighted by Crippen LogP contribution is -2.67. The number of carbonyl (C=O) groups excluding carboxylic acids is 1. The van der Waals surface area contributed by atoms with Gasteiger partial charge in [0.05, 0.1) is 17.8 Å². The van der Waals surface area contributed by atoms with Crippen LogP contribution in [0, 0.1) is 34.5 Å². The zero-order valence-corrected chi connectivity index (χ0v) is 17.2. The molecular formula is C23H34O6. The molecule has 4 saturated carbocycles. The van der Waals surface area contributed by atoms with Crippen LogP contribution in [0.4, 0.5) is 0 Å². The minimum Gasteiger partial charge on any atom is -0.458 e. The molecule has 4 fully saturated rings. The third-order valence-electron chi connectivity index (χ3n) is 9.90. The summed E-state index contributed by atoms with van der Waals surface area (Å²) >= 11 is 0. The number of aliphatic hydroxyl groups is 4. The fraction of sp³-hybridized carbons (Fsp3) is 0.870. The summed E-state index contributed by atoms with van der Waals surface area (Å²) in [5.74, 6) is -0.301. The van der Waals surface area contributed by atoms with Crippen molar-refractivity contribution in [3.8, 4) is 0 Å². The molecule has 1 aliphatic heterocycles. The minimum atomic E-state index is -0.919. The molecule has 0 amide bonds. The molecule has 4 N–H and O–H groups in total. The Hall–Kier alpha value is -0.950. The van der Waals surface area contributed by atoms with Gasteiger partial charge in [-0.1, -0.05) is 6.92 Å². The second-order valence-corrected chi connectivity index (χ2v) is 10.8. The van der Waals surface area contributed by atoms with Crippen molar-refractivity contribution in [1.29, 1.82) is 0 Å². The molecule has 0 spiro atoms. The van der Waals surface area contributed by atoms with Gasteiger partial charge in [-0.05, 0) is 80.6 Å². The van der Waals surface area contributed by atoms with E-state index in [0.717, 1.165) is 24.8 Å². The average Bonchev–Trinajstić information content (AvgIpc) is 3.22. The van der Waals surface area contributed by atoms with Crippen molar-refractivity contribution in [2.45, 2.75) is 76.1 Å². The van der Waals surface area contributed by atoms with Crippen LogP contribution in [0.5, 0.6) is 0 Å². The molecule has 6 heteroatoms. The van der Waals surface area contributed by atoms with E-state index < -0.39 is 22.5 Å². The summed E-state index contributed by atoms with van der Waals surface area (Å²) < 4.78 is 5.15. The largest absolute Gasteiger partial charge is 0.458 e. The number of aliphatic hydroxyl groups excluding tert-OH is 3. The van der Waals surface area contributed by atoms with Crippen LogP contribution in [-0.2, 0) is 9.53 Å². The minimum absolute atomic E-state index is 0.00628. The van der Waals surface area contributed by atoms with Gasteiger partial charge < -0.3 is 25.2 Å². The Kier molecular flexibility index (Phi) is 4.49. The zero-order valence-electron chi connectivity index (χ0n) is 17.2. The molecule has 0 saturated heterocycles. The van der Waals surface area contributed by atoms with Crippen LogP contribution in [0.3, 0.4) is 0 Å². The van der Waals surface area contributed by atoms with Gasteiger partial charge in [-0.15, -0.1) is 0 Å². The van der Waals surface area contributed by atoms with Gasteiger partial charge in [0.1, 0.15) is 6.61 Å². The normalized spacial score (nSPS) is 54.2. The summed E-state index contributed by atoms with van der Waals surface area (Å²) in [4.78, 5) is 11.7. The summed E-state index contributed by atoms with van der Waals surface area (Å²) in [6, 6.07) is 0. The first-order chi connectivity index (χ1) is 13.7. The molecule has 0 aromatic carbocycles. The van der Waals surface area contributed by atoms with Crippen LogP contribution in [-0.4, -0.2) is 57.4 Å². The van der Waals surface area contributed by atoms with Crippen molar-refractivity contribution in [3.63, 3.8) is 0 Å². The summed E-state index contributed by atoms with van der Waals surface area (Å²) in [6.07, 6.45) is 6.29. The van der Waals surface area contributed by atoms with Crippen molar-refractivity contribution >= 4 is 5.97 Å². The van der Waals surface area contributed by atoms with Gasteiger partial charge in [0.25, 0.3) is 0 Å². The Morgan fingerprint density at radius 2 is 1.97 bits per heavy atom. The molecule has 0 bridgehead atoms. The van der Waals surface area contributed by atoms with E-state index in [1.54, 1.807) is 6.08 Å². The van der Waals surface area contributed by atoms with Crippen LogP contribution >= 0.6 is 0 Å². The van der Waals surface area contributed by atoms with E-state index >= 15 is 0 Å². The molecule has 5 aliphatic rings. The van der Waals surface area contributed by atoms with E-state index in [2.05, 4.69) is 6.92 Å². The third-order valence-corrected chi connectivity index (χ3v) is 9.90. The molecule has 0 unspecified atom stereocenters. The van der Waals surface area contributed by atoms with Gasteiger partial charge in [0.2, 0.25) is 0 Å². The average molecular weight is 407 g/mol. The number of hydrogen-bond donors (Lipinski definition) is 4. The fourth-order valence-electron chi connectivity index (χ4n) is 8.57. The fourth-order valence-corrected chi connectivity index (χ4v) is 8.57. The van der Waals surface area contributed by atoms with Crippen molar-refractivity contribution in [1.82, 2.24) is 0 Å². The van der Waals surface area contributed by atoms with Crippen LogP contribution in [0.2, 0.25) is 0 Å². The summed E-state index contributed by atoms with van der Waals surface area (Å²) in [6.45, 7) is 2.38. The van der Waals surface area contributed by atoms with Crippen molar-refractivity contribution in [2.24, 2.45) is 34.5 Å². The van der Waals surface area contributed by atoms with Gasteiger partial charge in [-0.3, -0.25) is 0 Å². The SMILES string of the molecule is C[C@]12C[C@@H](O)[C@H]3[C@@H](CC[C@@H]4C[C@@H](O)CC[C@@]43CO)[C@@]1(O)CC[C@@H]2C1=CC(=O)OC1. The van der Waals surface area contributed by atoms with Crippen LogP contribution in [0.15, 0.2) is 11.6 Å². The summed E-state index contributed by atoms with van der Waals surface area (Å²) in [7, 11) is 0. The van der Waals surface area contributed by atoms with Gasteiger partial charge >= 0.3 is 5.97 Å². The van der Waals surface area contributed by atoms with Gasteiger partial charge in [0.15, 0.2) is 0 Å². The van der Waals surface area contributed by atoms with Crippen molar-refractivity contribution in [2.75, 3.05) is 13.2 Å². The molecule has 29 heavy (non-hydrogen) atoms. The van der Waals surface area contributed by atoms with Gasteiger partial charge in [-0.2, -0.15) is 0 Å². The smallest absolute Gasteiger partial charge is 0.331 e. The lowest BCUT2D eigenvalue weighted by Gasteiger charge is -2.65. The van der Waals surface area contributed by atoms with E-state index in [0.29, 0.717) is 38.7 Å². The highest BCUT2D eigenvalue weighted by atomic mass is 16.5. The summed E-state index contributed by atoms with van der Waals surface area (Å²) in [5.41, 5.74) is -0.893. The molecule has 1 heterocycles. The number of rotatable bonds is 2. The van der Waals surface area contributed by atoms with E-state index in [-0.39, 0.29) is 42.4 Å². The quantitative estimate of drug-likeness (QED) is 0.519. The van der Waals surface area contributed by atoms with Crippen LogP contribution in [0.25, 0.3) is 0 Å². The van der Waals surface area contributed by atoms with E-state index in [4.69, 9.17) is 4.74 Å².